The van der Waals surface area contributed by atoms with Gasteiger partial charge in [-0.25, -0.2) is 4.79 Å². The smallest absolute Gasteiger partial charge is 0.354 e. The van der Waals surface area contributed by atoms with E-state index < -0.39 is 11.5 Å². The summed E-state index contributed by atoms with van der Waals surface area (Å²) < 4.78 is 5.28. The van der Waals surface area contributed by atoms with Crippen LogP contribution in [0.4, 0.5) is 0 Å². The van der Waals surface area contributed by atoms with Gasteiger partial charge in [0.25, 0.3) is 5.56 Å². The lowest BCUT2D eigenvalue weighted by molar-refractivity contribution is 0.0691. The summed E-state index contributed by atoms with van der Waals surface area (Å²) in [6.45, 7) is 2.41. The number of hydrogen-bond acceptors (Lipinski definition) is 3. The van der Waals surface area contributed by atoms with Crippen LogP contribution in [0, 0.1) is 0 Å². The number of aromatic nitrogens is 2. The Morgan fingerprint density at radius 1 is 1.28 bits per heavy atom. The Balaban J connectivity index is 2.45. The predicted molar refractivity (Wildman–Crippen MR) is 65.0 cm³/mol. The maximum absolute atomic E-state index is 11.6. The van der Waals surface area contributed by atoms with Crippen molar-refractivity contribution in [2.45, 2.75) is 6.92 Å². The van der Waals surface area contributed by atoms with Crippen LogP contribution >= 0.6 is 0 Å². The van der Waals surface area contributed by atoms with Gasteiger partial charge in [0.05, 0.1) is 12.2 Å². The van der Waals surface area contributed by atoms with Crippen molar-refractivity contribution in [1.82, 2.24) is 10.2 Å². The van der Waals surface area contributed by atoms with E-state index in [0.717, 1.165) is 0 Å². The normalized spacial score (nSPS) is 10.3. The molecule has 0 bridgehead atoms. The molecule has 94 valence electrons. The molecule has 0 saturated heterocycles. The molecule has 6 heteroatoms. The van der Waals surface area contributed by atoms with Gasteiger partial charge in [-0.1, -0.05) is 12.1 Å². The van der Waals surface area contributed by atoms with Gasteiger partial charge in [0.2, 0.25) is 0 Å². The molecule has 1 aromatic heterocycles. The van der Waals surface area contributed by atoms with Crippen molar-refractivity contribution >= 4 is 5.97 Å². The maximum Gasteiger partial charge on any atom is 0.354 e. The number of ether oxygens (including phenoxy) is 1. The molecule has 2 rings (SSSR count). The first-order chi connectivity index (χ1) is 8.63. The number of aromatic amines is 2. The van der Waals surface area contributed by atoms with Gasteiger partial charge in [-0.3, -0.25) is 15.0 Å². The molecule has 0 amide bonds. The van der Waals surface area contributed by atoms with Crippen LogP contribution < -0.4 is 10.3 Å². The molecule has 0 fully saturated rings. The third-order valence-corrected chi connectivity index (χ3v) is 2.45. The van der Waals surface area contributed by atoms with Gasteiger partial charge in [0.15, 0.2) is 5.69 Å². The third-order valence-electron chi connectivity index (χ3n) is 2.45. The predicted octanol–water partition coefficient (Wildman–Crippen LogP) is 1.47. The van der Waals surface area contributed by atoms with Gasteiger partial charge in [-0.15, -0.1) is 0 Å². The highest BCUT2D eigenvalue weighted by molar-refractivity contribution is 5.93. The second-order valence-corrected chi connectivity index (χ2v) is 3.59. The number of carboxylic acid groups (broad SMARTS) is 1. The summed E-state index contributed by atoms with van der Waals surface area (Å²) >= 11 is 0. The largest absolute Gasteiger partial charge is 0.494 e. The zero-order valence-corrected chi connectivity index (χ0v) is 9.69. The number of hydrogen-bond donors (Lipinski definition) is 3. The average Bonchev–Trinajstić information content (AvgIpc) is 2.73. The summed E-state index contributed by atoms with van der Waals surface area (Å²) in [5, 5.41) is 13.6. The van der Waals surface area contributed by atoms with Crippen molar-refractivity contribution in [2.24, 2.45) is 0 Å². The van der Waals surface area contributed by atoms with Crippen LogP contribution in [0.15, 0.2) is 29.1 Å². The van der Waals surface area contributed by atoms with E-state index in [1.54, 1.807) is 24.3 Å². The molecular formula is C12H12N2O4. The molecular weight excluding hydrogens is 236 g/mol. The van der Waals surface area contributed by atoms with E-state index in [0.29, 0.717) is 17.9 Å². The Labute approximate surface area is 102 Å². The molecule has 0 aliphatic carbocycles. The summed E-state index contributed by atoms with van der Waals surface area (Å²) in [6.07, 6.45) is 0. The Hall–Kier alpha value is -2.50. The minimum absolute atomic E-state index is 0.116. The Bertz CT molecular complexity index is 610. The fourth-order valence-corrected chi connectivity index (χ4v) is 1.68. The lowest BCUT2D eigenvalue weighted by Crippen LogP contribution is -2.05. The standard InChI is InChI=1S/C12H12N2O4/c1-2-18-8-5-3-7(4-6-8)9-10(12(16)17)13-14-11(9)15/h3-6H,2H2,1H3,(H,16,17)(H2,13,14,15). The fourth-order valence-electron chi connectivity index (χ4n) is 1.68. The van der Waals surface area contributed by atoms with Crippen LogP contribution in [0.5, 0.6) is 5.75 Å². The minimum atomic E-state index is -1.18. The summed E-state index contributed by atoms with van der Waals surface area (Å²) in [6, 6.07) is 6.68. The topological polar surface area (TPSA) is 95.2 Å². The van der Waals surface area contributed by atoms with Crippen LogP contribution in [0.3, 0.4) is 0 Å². The molecule has 1 aromatic carbocycles. The van der Waals surface area contributed by atoms with E-state index in [2.05, 4.69) is 10.2 Å². The van der Waals surface area contributed by atoms with Crippen LogP contribution in [0.2, 0.25) is 0 Å². The summed E-state index contributed by atoms with van der Waals surface area (Å²) in [7, 11) is 0. The first kappa shape index (κ1) is 12.0. The molecule has 0 saturated carbocycles. The molecule has 1 heterocycles. The molecule has 3 N–H and O–H groups in total. The quantitative estimate of drug-likeness (QED) is 0.763. The maximum atomic E-state index is 11.6. The molecule has 0 spiro atoms. The number of benzene rings is 1. The number of carbonyl (C=O) groups is 1. The zero-order chi connectivity index (χ0) is 13.1. The molecule has 6 nitrogen and oxygen atoms in total. The second-order valence-electron chi connectivity index (χ2n) is 3.59. The third kappa shape index (κ3) is 2.13. The number of rotatable bonds is 4. The second kappa shape index (κ2) is 4.79. The van der Waals surface area contributed by atoms with Crippen molar-refractivity contribution in [2.75, 3.05) is 6.61 Å². The number of aromatic carboxylic acids is 1. The Morgan fingerprint density at radius 2 is 1.94 bits per heavy atom. The van der Waals surface area contributed by atoms with Crippen LogP contribution in [-0.2, 0) is 0 Å². The van der Waals surface area contributed by atoms with Crippen molar-refractivity contribution in [3.63, 3.8) is 0 Å². The summed E-state index contributed by atoms with van der Waals surface area (Å²) in [4.78, 5) is 22.5. The zero-order valence-electron chi connectivity index (χ0n) is 9.69. The molecule has 0 atom stereocenters. The van der Waals surface area contributed by atoms with E-state index in [4.69, 9.17) is 9.84 Å². The highest BCUT2D eigenvalue weighted by Crippen LogP contribution is 2.21. The monoisotopic (exact) mass is 248 g/mol. The van der Waals surface area contributed by atoms with Crippen molar-refractivity contribution in [3.8, 4) is 16.9 Å². The number of carboxylic acids is 1. The summed E-state index contributed by atoms with van der Waals surface area (Å²) in [5.74, 6) is -0.512. The van der Waals surface area contributed by atoms with Gasteiger partial charge in [0, 0.05) is 0 Å². The fraction of sp³-hybridized carbons (Fsp3) is 0.167. The SMILES string of the molecule is CCOc1ccc(-c2c(C(=O)O)[nH][nH]c2=O)cc1. The molecule has 0 aliphatic heterocycles. The lowest BCUT2D eigenvalue weighted by atomic mass is 10.1. The van der Waals surface area contributed by atoms with Crippen LogP contribution in [0.1, 0.15) is 17.4 Å². The highest BCUT2D eigenvalue weighted by Gasteiger charge is 2.17. The van der Waals surface area contributed by atoms with Gasteiger partial charge in [-0.05, 0) is 24.6 Å². The van der Waals surface area contributed by atoms with Crippen molar-refractivity contribution in [1.29, 1.82) is 0 Å². The van der Waals surface area contributed by atoms with Gasteiger partial charge >= 0.3 is 5.97 Å². The van der Waals surface area contributed by atoms with Gasteiger partial charge in [-0.2, -0.15) is 0 Å². The van der Waals surface area contributed by atoms with Gasteiger partial charge in [0.1, 0.15) is 5.75 Å². The van der Waals surface area contributed by atoms with Crippen molar-refractivity contribution in [3.05, 3.63) is 40.3 Å². The molecule has 0 radical (unpaired) electrons. The van der Waals surface area contributed by atoms with Crippen molar-refractivity contribution < 1.29 is 14.6 Å². The van der Waals surface area contributed by atoms with Crippen LogP contribution in [-0.4, -0.2) is 27.9 Å². The lowest BCUT2D eigenvalue weighted by Gasteiger charge is -2.03. The summed E-state index contributed by atoms with van der Waals surface area (Å²) in [5.41, 5.74) is 0.0321. The van der Waals surface area contributed by atoms with E-state index in [-0.39, 0.29) is 11.3 Å². The van der Waals surface area contributed by atoms with E-state index in [9.17, 15) is 9.59 Å². The van der Waals surface area contributed by atoms with Gasteiger partial charge < -0.3 is 9.84 Å². The molecule has 2 aromatic rings. The first-order valence-corrected chi connectivity index (χ1v) is 5.40. The molecule has 0 unspecified atom stereocenters. The van der Waals surface area contributed by atoms with E-state index >= 15 is 0 Å². The van der Waals surface area contributed by atoms with E-state index in [1.165, 1.54) is 0 Å². The molecule has 0 aliphatic rings. The minimum Gasteiger partial charge on any atom is -0.494 e. The highest BCUT2D eigenvalue weighted by atomic mass is 16.5. The number of H-pyrrole nitrogens is 2. The first-order valence-electron chi connectivity index (χ1n) is 5.40. The Kier molecular flexibility index (Phi) is 3.18. The van der Waals surface area contributed by atoms with E-state index in [1.807, 2.05) is 6.92 Å². The Morgan fingerprint density at radius 3 is 2.50 bits per heavy atom. The number of nitrogens with one attached hydrogen (secondary N) is 2. The molecule has 18 heavy (non-hydrogen) atoms. The van der Waals surface area contributed by atoms with Crippen LogP contribution in [0.25, 0.3) is 11.1 Å². The average molecular weight is 248 g/mol.